The smallest absolute Gasteiger partial charge is 0.353 e. The summed E-state index contributed by atoms with van der Waals surface area (Å²) < 4.78 is 11.0. The van der Waals surface area contributed by atoms with Crippen molar-refractivity contribution in [1.29, 1.82) is 0 Å². The van der Waals surface area contributed by atoms with Gasteiger partial charge in [0, 0.05) is 17.4 Å². The third-order valence-corrected chi connectivity index (χ3v) is 3.94. The molecular weight excluding hydrogens is 364 g/mol. The second kappa shape index (κ2) is 7.35. The standard InChI is InChI=1S/C18H16N6O4/c1-11-3-2-4-15(21-11)23-18-16(24(25)26)17(19-10-20-18)22-12-5-6-13-14(9-12)28-8-7-27-13/h2-6,9-10H,7-8H2,1H3,(H2,19,20,21,22,23). The SMILES string of the molecule is Cc1cccc(Nc2ncnc(Nc3ccc4c(c3)OCCO4)c2[N+](=O)[O-])n1. The number of hydrogen-bond donors (Lipinski definition) is 2. The van der Waals surface area contributed by atoms with Crippen LogP contribution in [0.5, 0.6) is 11.5 Å². The predicted molar refractivity (Wildman–Crippen MR) is 102 cm³/mol. The number of aromatic nitrogens is 3. The maximum atomic E-state index is 11.7. The minimum Gasteiger partial charge on any atom is -0.486 e. The van der Waals surface area contributed by atoms with Crippen LogP contribution in [0.1, 0.15) is 5.69 Å². The quantitative estimate of drug-likeness (QED) is 0.506. The minimum atomic E-state index is -0.543. The Balaban J connectivity index is 1.66. The Morgan fingerprint density at radius 1 is 1.04 bits per heavy atom. The molecule has 0 unspecified atom stereocenters. The van der Waals surface area contributed by atoms with E-state index in [1.165, 1.54) is 6.33 Å². The normalized spacial score (nSPS) is 12.3. The molecule has 28 heavy (non-hydrogen) atoms. The van der Waals surface area contributed by atoms with Crippen LogP contribution in [0.15, 0.2) is 42.7 Å². The molecule has 3 heterocycles. The average molecular weight is 380 g/mol. The van der Waals surface area contributed by atoms with E-state index >= 15 is 0 Å². The summed E-state index contributed by atoms with van der Waals surface area (Å²) in [4.78, 5) is 23.5. The first-order valence-corrected chi connectivity index (χ1v) is 8.47. The van der Waals surface area contributed by atoms with E-state index in [2.05, 4.69) is 25.6 Å². The van der Waals surface area contributed by atoms with Crippen molar-refractivity contribution < 1.29 is 14.4 Å². The van der Waals surface area contributed by atoms with Crippen molar-refractivity contribution in [2.24, 2.45) is 0 Å². The number of anilines is 4. The van der Waals surface area contributed by atoms with Crippen molar-refractivity contribution in [1.82, 2.24) is 15.0 Å². The molecule has 0 radical (unpaired) electrons. The molecule has 1 aromatic carbocycles. The Bertz CT molecular complexity index is 1040. The Morgan fingerprint density at radius 2 is 1.79 bits per heavy atom. The summed E-state index contributed by atoms with van der Waals surface area (Å²) in [5.41, 5.74) is 1.06. The van der Waals surface area contributed by atoms with Crippen LogP contribution in [0, 0.1) is 17.0 Å². The number of benzene rings is 1. The average Bonchev–Trinajstić information content (AvgIpc) is 2.68. The monoisotopic (exact) mass is 380 g/mol. The number of rotatable bonds is 5. The van der Waals surface area contributed by atoms with Crippen LogP contribution in [-0.4, -0.2) is 33.1 Å². The maximum absolute atomic E-state index is 11.7. The highest BCUT2D eigenvalue weighted by atomic mass is 16.6. The van der Waals surface area contributed by atoms with Gasteiger partial charge in [-0.15, -0.1) is 0 Å². The van der Waals surface area contributed by atoms with Gasteiger partial charge in [-0.05, 0) is 31.2 Å². The van der Waals surface area contributed by atoms with Crippen LogP contribution in [0.4, 0.5) is 28.8 Å². The molecule has 0 aliphatic carbocycles. The van der Waals surface area contributed by atoms with Crippen LogP contribution >= 0.6 is 0 Å². The molecule has 2 aromatic heterocycles. The molecule has 0 amide bonds. The van der Waals surface area contributed by atoms with Crippen molar-refractivity contribution in [3.05, 3.63) is 58.5 Å². The molecule has 0 fully saturated rings. The summed E-state index contributed by atoms with van der Waals surface area (Å²) in [6.45, 7) is 2.76. The third kappa shape index (κ3) is 3.61. The zero-order chi connectivity index (χ0) is 19.5. The number of ether oxygens (including phenoxy) is 2. The molecule has 3 aromatic rings. The minimum absolute atomic E-state index is 0.0399. The second-order valence-corrected chi connectivity index (χ2v) is 5.95. The van der Waals surface area contributed by atoms with E-state index in [-0.39, 0.29) is 17.3 Å². The number of nitrogens with zero attached hydrogens (tertiary/aromatic N) is 4. The van der Waals surface area contributed by atoms with Gasteiger partial charge in [-0.1, -0.05) is 6.07 Å². The summed E-state index contributed by atoms with van der Waals surface area (Å²) in [5, 5.41) is 17.5. The van der Waals surface area contributed by atoms with Gasteiger partial charge in [-0.2, -0.15) is 0 Å². The maximum Gasteiger partial charge on any atom is 0.353 e. The van der Waals surface area contributed by atoms with Gasteiger partial charge in [-0.25, -0.2) is 15.0 Å². The van der Waals surface area contributed by atoms with E-state index in [1.54, 1.807) is 30.3 Å². The number of nitro groups is 1. The molecule has 2 N–H and O–H groups in total. The molecule has 0 spiro atoms. The first-order valence-electron chi connectivity index (χ1n) is 8.47. The van der Waals surface area contributed by atoms with Crippen LogP contribution in [0.25, 0.3) is 0 Å². The molecule has 0 saturated carbocycles. The summed E-state index contributed by atoms with van der Waals surface area (Å²) in [6, 6.07) is 10.5. The van der Waals surface area contributed by atoms with E-state index in [1.807, 2.05) is 13.0 Å². The largest absolute Gasteiger partial charge is 0.486 e. The summed E-state index contributed by atoms with van der Waals surface area (Å²) in [5.74, 6) is 1.73. The Hall–Kier alpha value is -3.95. The van der Waals surface area contributed by atoms with Crippen molar-refractivity contribution in [2.45, 2.75) is 6.92 Å². The Labute approximate surface area is 159 Å². The summed E-state index contributed by atoms with van der Waals surface area (Å²) in [7, 11) is 0. The zero-order valence-corrected chi connectivity index (χ0v) is 14.9. The third-order valence-electron chi connectivity index (χ3n) is 3.94. The number of nitrogens with one attached hydrogen (secondary N) is 2. The van der Waals surface area contributed by atoms with E-state index in [0.717, 1.165) is 5.69 Å². The number of pyridine rings is 1. The number of aryl methyl sites for hydroxylation is 1. The van der Waals surface area contributed by atoms with E-state index in [0.29, 0.717) is 36.2 Å². The van der Waals surface area contributed by atoms with Crippen molar-refractivity contribution >= 4 is 28.8 Å². The Morgan fingerprint density at radius 3 is 2.54 bits per heavy atom. The second-order valence-electron chi connectivity index (χ2n) is 5.95. The molecule has 4 rings (SSSR count). The molecule has 0 bridgehead atoms. The highest BCUT2D eigenvalue weighted by Gasteiger charge is 2.24. The van der Waals surface area contributed by atoms with E-state index in [4.69, 9.17) is 9.47 Å². The molecule has 10 nitrogen and oxygen atoms in total. The fraction of sp³-hybridized carbons (Fsp3) is 0.167. The molecule has 1 aliphatic heterocycles. The number of fused-ring (bicyclic) bond motifs is 1. The zero-order valence-electron chi connectivity index (χ0n) is 14.9. The highest BCUT2D eigenvalue weighted by molar-refractivity contribution is 5.76. The first-order chi connectivity index (χ1) is 13.6. The fourth-order valence-corrected chi connectivity index (χ4v) is 2.73. The van der Waals surface area contributed by atoms with Gasteiger partial charge in [-0.3, -0.25) is 10.1 Å². The van der Waals surface area contributed by atoms with Gasteiger partial charge < -0.3 is 20.1 Å². The number of hydrogen-bond acceptors (Lipinski definition) is 9. The van der Waals surface area contributed by atoms with Gasteiger partial charge in [0.2, 0.25) is 11.6 Å². The van der Waals surface area contributed by atoms with Crippen molar-refractivity contribution in [2.75, 3.05) is 23.8 Å². The molecular formula is C18H16N6O4. The summed E-state index contributed by atoms with van der Waals surface area (Å²) >= 11 is 0. The predicted octanol–water partition coefficient (Wildman–Crippen LogP) is 3.35. The van der Waals surface area contributed by atoms with Gasteiger partial charge in [0.15, 0.2) is 11.5 Å². The van der Waals surface area contributed by atoms with Crippen molar-refractivity contribution in [3.8, 4) is 11.5 Å². The first kappa shape index (κ1) is 17.5. The lowest BCUT2D eigenvalue weighted by Gasteiger charge is -2.19. The van der Waals surface area contributed by atoms with Crippen LogP contribution < -0.4 is 20.1 Å². The molecule has 10 heteroatoms. The van der Waals surface area contributed by atoms with Crippen molar-refractivity contribution in [3.63, 3.8) is 0 Å². The lowest BCUT2D eigenvalue weighted by molar-refractivity contribution is -0.383. The highest BCUT2D eigenvalue weighted by Crippen LogP contribution is 2.36. The molecule has 142 valence electrons. The van der Waals surface area contributed by atoms with Crippen LogP contribution in [-0.2, 0) is 0 Å². The fourth-order valence-electron chi connectivity index (χ4n) is 2.73. The van der Waals surface area contributed by atoms with E-state index in [9.17, 15) is 10.1 Å². The van der Waals surface area contributed by atoms with Gasteiger partial charge in [0.05, 0.1) is 4.92 Å². The Kier molecular flexibility index (Phi) is 4.58. The van der Waals surface area contributed by atoms with Gasteiger partial charge in [0.1, 0.15) is 25.4 Å². The summed E-state index contributed by atoms with van der Waals surface area (Å²) in [6.07, 6.45) is 1.24. The molecule has 0 saturated heterocycles. The van der Waals surface area contributed by atoms with Crippen LogP contribution in [0.2, 0.25) is 0 Å². The molecule has 1 aliphatic rings. The lowest BCUT2D eigenvalue weighted by Crippen LogP contribution is -2.15. The lowest BCUT2D eigenvalue weighted by atomic mass is 10.2. The topological polar surface area (TPSA) is 124 Å². The molecule has 0 atom stereocenters. The van der Waals surface area contributed by atoms with Crippen LogP contribution in [0.3, 0.4) is 0 Å². The van der Waals surface area contributed by atoms with Gasteiger partial charge >= 0.3 is 5.69 Å². The van der Waals surface area contributed by atoms with Gasteiger partial charge in [0.25, 0.3) is 0 Å². The van der Waals surface area contributed by atoms with E-state index < -0.39 is 4.92 Å².